The Hall–Kier alpha value is -8.24. The van der Waals surface area contributed by atoms with Gasteiger partial charge in [0, 0.05) is 36.0 Å². The number of hydrogen-bond donors (Lipinski definition) is 2. The predicted molar refractivity (Wildman–Crippen MR) is 284 cm³/mol. The van der Waals surface area contributed by atoms with E-state index >= 15 is 0 Å². The molecule has 384 valence electrons. The quantitative estimate of drug-likeness (QED) is 0.0351. The summed E-state index contributed by atoms with van der Waals surface area (Å²) in [4.78, 5) is 58.3. The lowest BCUT2D eigenvalue weighted by atomic mass is 10.0. The van der Waals surface area contributed by atoms with Gasteiger partial charge in [-0.2, -0.15) is 0 Å². The summed E-state index contributed by atoms with van der Waals surface area (Å²) in [5, 5.41) is 39.5. The summed E-state index contributed by atoms with van der Waals surface area (Å²) in [7, 11) is 3.16. The molecule has 9 rings (SSSR count). The molecular weight excluding hydrogens is 1080 g/mol. The highest BCUT2D eigenvalue weighted by molar-refractivity contribution is 9.10. The standard InChI is InChI=1S/C28H26ClN5O6.C24H19BrClN5O4/c1-17-26(34(36)37)28(32-33(17)15-18-7-9-19(38-2)10-8-18)31-24-13-25(40-20-11-12-39-16-20)30-14-22(24)27(35)21-5-3-4-6-23(21)29;1-14-22(31(33)34)24(29-30(14)13-15-7-9-16(35-2)10-8-15)28-20-11-21(25)27-12-18(20)23(32)17-5-3-4-6-19(17)26/h3-10,13-14,20H,11-12,15-16H2,1-2H3,(H,30,31,32);3-12H,13H2,1-2H3,(H,27,28,29). The summed E-state index contributed by atoms with van der Waals surface area (Å²) < 4.78 is 25.2. The van der Waals surface area contributed by atoms with Gasteiger partial charge in [-0.15, -0.1) is 10.2 Å². The third-order valence-corrected chi connectivity index (χ3v) is 12.9. The molecule has 0 saturated carbocycles. The van der Waals surface area contributed by atoms with E-state index in [9.17, 15) is 29.8 Å². The molecule has 0 amide bonds. The number of ketones is 2. The third kappa shape index (κ3) is 12.4. The van der Waals surface area contributed by atoms with E-state index in [1.807, 2.05) is 48.5 Å². The molecule has 0 radical (unpaired) electrons. The Labute approximate surface area is 447 Å². The first-order valence-electron chi connectivity index (χ1n) is 22.8. The number of rotatable bonds is 18. The second-order valence-corrected chi connectivity index (χ2v) is 18.3. The van der Waals surface area contributed by atoms with Gasteiger partial charge in [-0.05, 0) is 95.5 Å². The molecule has 1 unspecified atom stereocenters. The number of nitrogens with zero attached hydrogens (tertiary/aromatic N) is 8. The first-order valence-corrected chi connectivity index (χ1v) is 24.4. The number of benzene rings is 4. The number of pyridine rings is 2. The van der Waals surface area contributed by atoms with E-state index in [4.69, 9.17) is 42.1 Å². The number of carbonyl (C=O) groups excluding carboxylic acids is 2. The topological polar surface area (TPSA) is 243 Å². The lowest BCUT2D eigenvalue weighted by Crippen LogP contribution is -2.17. The molecule has 4 aromatic carbocycles. The summed E-state index contributed by atoms with van der Waals surface area (Å²) in [6, 6.07) is 31.0. The van der Waals surface area contributed by atoms with Crippen molar-refractivity contribution in [3.8, 4) is 17.4 Å². The molecule has 1 aliphatic rings. The zero-order valence-electron chi connectivity index (χ0n) is 40.5. The Morgan fingerprint density at radius 1 is 0.693 bits per heavy atom. The van der Waals surface area contributed by atoms with Crippen molar-refractivity contribution in [2.24, 2.45) is 0 Å². The maximum atomic E-state index is 13.5. The number of nitro groups is 2. The van der Waals surface area contributed by atoms with Gasteiger partial charge in [-0.25, -0.2) is 9.97 Å². The van der Waals surface area contributed by atoms with Crippen LogP contribution in [0.4, 0.5) is 34.4 Å². The lowest BCUT2D eigenvalue weighted by molar-refractivity contribution is -0.384. The van der Waals surface area contributed by atoms with E-state index in [0.717, 1.165) is 11.1 Å². The molecule has 1 fully saturated rings. The Kier molecular flexibility index (Phi) is 16.8. The number of nitrogens with one attached hydrogen (secondary N) is 2. The molecule has 0 aliphatic carbocycles. The van der Waals surface area contributed by atoms with Crippen molar-refractivity contribution < 1.29 is 38.4 Å². The summed E-state index contributed by atoms with van der Waals surface area (Å²) in [5.74, 6) is 0.843. The molecule has 0 spiro atoms. The average molecular weight is 1120 g/mol. The maximum absolute atomic E-state index is 13.5. The average Bonchev–Trinajstić information content (AvgIpc) is 4.11. The Morgan fingerprint density at radius 2 is 1.15 bits per heavy atom. The Morgan fingerprint density at radius 3 is 1.57 bits per heavy atom. The van der Waals surface area contributed by atoms with Crippen molar-refractivity contribution >= 4 is 85.1 Å². The maximum Gasteiger partial charge on any atom is 0.334 e. The first-order chi connectivity index (χ1) is 36.1. The van der Waals surface area contributed by atoms with Gasteiger partial charge < -0.3 is 29.6 Å². The van der Waals surface area contributed by atoms with Crippen molar-refractivity contribution in [2.75, 3.05) is 38.1 Å². The Bertz CT molecular complexity index is 3420. The van der Waals surface area contributed by atoms with Gasteiger partial charge in [0.15, 0.2) is 11.6 Å². The fourth-order valence-corrected chi connectivity index (χ4v) is 8.68. The molecule has 1 atom stereocenters. The molecule has 8 aromatic rings. The summed E-state index contributed by atoms with van der Waals surface area (Å²) in [5.41, 5.74) is 3.50. The monoisotopic (exact) mass is 1120 g/mol. The number of carbonyl (C=O) groups is 2. The zero-order chi connectivity index (χ0) is 53.3. The normalized spacial score (nSPS) is 12.8. The third-order valence-electron chi connectivity index (χ3n) is 11.9. The molecule has 1 aliphatic heterocycles. The molecule has 23 heteroatoms. The van der Waals surface area contributed by atoms with Crippen LogP contribution in [0.1, 0.15) is 60.8 Å². The molecule has 0 bridgehead atoms. The van der Waals surface area contributed by atoms with E-state index in [-0.39, 0.29) is 85.3 Å². The van der Waals surface area contributed by atoms with Crippen LogP contribution in [0.3, 0.4) is 0 Å². The summed E-state index contributed by atoms with van der Waals surface area (Å²) >= 11 is 15.8. The minimum atomic E-state index is -0.501. The van der Waals surface area contributed by atoms with Crippen LogP contribution in [-0.2, 0) is 17.8 Å². The van der Waals surface area contributed by atoms with Crippen LogP contribution in [0.15, 0.2) is 126 Å². The van der Waals surface area contributed by atoms with Gasteiger partial charge in [0.1, 0.15) is 33.6 Å². The van der Waals surface area contributed by atoms with Gasteiger partial charge in [0.05, 0.1) is 82.9 Å². The number of hydrogen-bond acceptors (Lipinski definition) is 16. The summed E-state index contributed by atoms with van der Waals surface area (Å²) in [6.45, 7) is 4.84. The largest absolute Gasteiger partial charge is 0.497 e. The number of methoxy groups -OCH3 is 2. The van der Waals surface area contributed by atoms with Gasteiger partial charge in [0.2, 0.25) is 17.5 Å². The van der Waals surface area contributed by atoms with Gasteiger partial charge in [-0.3, -0.25) is 39.2 Å². The Balaban J connectivity index is 0.000000201. The molecule has 1 saturated heterocycles. The SMILES string of the molecule is COc1ccc(Cn2nc(Nc3cc(Br)ncc3C(=O)c3ccccc3Cl)c([N+](=O)[O-])c2C)cc1.COc1ccc(Cn2nc(Nc3cc(OC4CCOC4)ncc3C(=O)c3ccccc3Cl)c([N+](=O)[O-])c2C)cc1. The predicted octanol–water partition coefficient (Wildman–Crippen LogP) is 11.3. The molecule has 2 N–H and O–H groups in total. The van der Waals surface area contributed by atoms with Crippen molar-refractivity contribution in [2.45, 2.75) is 39.5 Å². The van der Waals surface area contributed by atoms with Crippen molar-refractivity contribution in [1.29, 1.82) is 0 Å². The van der Waals surface area contributed by atoms with Gasteiger partial charge >= 0.3 is 11.4 Å². The van der Waals surface area contributed by atoms with E-state index in [1.165, 1.54) is 27.8 Å². The van der Waals surface area contributed by atoms with Crippen LogP contribution in [0.2, 0.25) is 10.0 Å². The van der Waals surface area contributed by atoms with Crippen molar-refractivity contribution in [3.63, 3.8) is 0 Å². The highest BCUT2D eigenvalue weighted by Crippen LogP contribution is 2.36. The van der Waals surface area contributed by atoms with Crippen LogP contribution < -0.4 is 24.8 Å². The fraction of sp³-hybridized carbons (Fsp3) is 0.192. The van der Waals surface area contributed by atoms with Crippen LogP contribution >= 0.6 is 39.1 Å². The lowest BCUT2D eigenvalue weighted by Gasteiger charge is -2.15. The molecule has 5 heterocycles. The molecule has 20 nitrogen and oxygen atoms in total. The van der Waals surface area contributed by atoms with Crippen molar-refractivity contribution in [1.82, 2.24) is 29.5 Å². The molecular formula is C52H45BrCl2N10O10. The van der Waals surface area contributed by atoms with Crippen LogP contribution in [-0.4, -0.2) is 84.5 Å². The van der Waals surface area contributed by atoms with Crippen LogP contribution in [0.5, 0.6) is 17.4 Å². The van der Waals surface area contributed by atoms with E-state index < -0.39 is 15.6 Å². The van der Waals surface area contributed by atoms with E-state index in [1.54, 1.807) is 82.7 Å². The number of aromatic nitrogens is 6. The minimum Gasteiger partial charge on any atom is -0.497 e. The first kappa shape index (κ1) is 53.1. The number of anilines is 4. The van der Waals surface area contributed by atoms with Gasteiger partial charge in [0.25, 0.3) is 0 Å². The summed E-state index contributed by atoms with van der Waals surface area (Å²) in [6.07, 6.45) is 3.26. The van der Waals surface area contributed by atoms with Gasteiger partial charge in [-0.1, -0.05) is 71.7 Å². The second-order valence-electron chi connectivity index (χ2n) is 16.7. The fourth-order valence-electron chi connectivity index (χ4n) is 7.91. The molecule has 75 heavy (non-hydrogen) atoms. The van der Waals surface area contributed by atoms with Crippen molar-refractivity contribution in [3.05, 3.63) is 201 Å². The van der Waals surface area contributed by atoms with Crippen LogP contribution in [0.25, 0.3) is 0 Å². The smallest absolute Gasteiger partial charge is 0.334 e. The van der Waals surface area contributed by atoms with E-state index in [0.29, 0.717) is 59.4 Å². The van der Waals surface area contributed by atoms with E-state index in [2.05, 4.69) is 46.7 Å². The highest BCUT2D eigenvalue weighted by Gasteiger charge is 2.30. The highest BCUT2D eigenvalue weighted by atomic mass is 79.9. The number of halogens is 3. The second kappa shape index (κ2) is 23.7. The zero-order valence-corrected chi connectivity index (χ0v) is 43.6. The minimum absolute atomic E-state index is 0.00678. The molecule has 4 aromatic heterocycles. The number of ether oxygens (including phenoxy) is 4. The van der Waals surface area contributed by atoms with Crippen LogP contribution in [0, 0.1) is 34.1 Å².